The quantitative estimate of drug-likeness (QED) is 0.574. The molecule has 1 aliphatic carbocycles. The van der Waals surface area contributed by atoms with Gasteiger partial charge >= 0.3 is 5.97 Å². The van der Waals surface area contributed by atoms with Gasteiger partial charge in [-0.2, -0.15) is 0 Å². The average Bonchev–Trinajstić information content (AvgIpc) is 3.41. The highest BCUT2D eigenvalue weighted by Crippen LogP contribution is 2.28. The molecule has 1 aromatic carbocycles. The Balaban J connectivity index is 2.10. The lowest BCUT2D eigenvalue weighted by molar-refractivity contribution is -0.139. The van der Waals surface area contributed by atoms with Gasteiger partial charge in [0, 0.05) is 12.1 Å². The lowest BCUT2D eigenvalue weighted by Gasteiger charge is -2.13. The maximum absolute atomic E-state index is 12.3. The summed E-state index contributed by atoms with van der Waals surface area (Å²) in [6, 6.07) is 4.49. The van der Waals surface area contributed by atoms with Crippen molar-refractivity contribution >= 4 is 21.9 Å². The third-order valence-corrected chi connectivity index (χ3v) is 5.30. The molecule has 0 aliphatic heterocycles. The number of carbonyl (C=O) groups excluding carboxylic acids is 1. The highest BCUT2D eigenvalue weighted by Gasteiger charge is 2.25. The summed E-state index contributed by atoms with van der Waals surface area (Å²) >= 11 is 0. The number of aliphatic carboxylic acids is 1. The molecule has 1 aliphatic rings. The van der Waals surface area contributed by atoms with Crippen LogP contribution in [0, 0.1) is 5.92 Å². The van der Waals surface area contributed by atoms with Gasteiger partial charge in [-0.1, -0.05) is 18.2 Å². The zero-order valence-electron chi connectivity index (χ0n) is 13.9. The number of sulfonamides is 1. The van der Waals surface area contributed by atoms with E-state index in [4.69, 9.17) is 5.11 Å². The summed E-state index contributed by atoms with van der Waals surface area (Å²) in [5.74, 6) is -1.39. The Morgan fingerprint density at radius 1 is 1.36 bits per heavy atom. The second kappa shape index (κ2) is 8.26. The number of nitrogens with one attached hydrogen (secondary N) is 2. The number of hydrogen-bond donors (Lipinski definition) is 3. The summed E-state index contributed by atoms with van der Waals surface area (Å²) in [6.07, 6.45) is 5.53. The van der Waals surface area contributed by atoms with Crippen LogP contribution in [-0.4, -0.2) is 38.0 Å². The summed E-state index contributed by atoms with van der Waals surface area (Å²) in [4.78, 5) is 23.5. The normalized spacial score (nSPS) is 15.9. The number of carboxylic acids is 1. The largest absolute Gasteiger partial charge is 0.480 e. The van der Waals surface area contributed by atoms with Crippen LogP contribution in [0.25, 0.3) is 0 Å². The highest BCUT2D eigenvalue weighted by atomic mass is 32.2. The Labute approximate surface area is 147 Å². The van der Waals surface area contributed by atoms with Gasteiger partial charge < -0.3 is 10.4 Å². The molecule has 25 heavy (non-hydrogen) atoms. The molecule has 0 saturated heterocycles. The Morgan fingerprint density at radius 2 is 2.08 bits per heavy atom. The first-order valence-corrected chi connectivity index (χ1v) is 9.56. The number of amides is 1. The van der Waals surface area contributed by atoms with E-state index in [0.29, 0.717) is 12.5 Å². The molecule has 0 heterocycles. The van der Waals surface area contributed by atoms with Gasteiger partial charge in [0.05, 0.1) is 4.90 Å². The van der Waals surface area contributed by atoms with E-state index in [1.165, 1.54) is 24.3 Å². The molecule has 3 N–H and O–H groups in total. The molecule has 0 bridgehead atoms. The fourth-order valence-corrected chi connectivity index (χ4v) is 3.33. The molecule has 0 aromatic heterocycles. The SMILES string of the molecule is C/C=C/CC(NC(=O)c1cccc(S(=O)(=O)NCC2CC2)c1)C(=O)O. The first kappa shape index (κ1) is 19.1. The minimum Gasteiger partial charge on any atom is -0.480 e. The average molecular weight is 366 g/mol. The van der Waals surface area contributed by atoms with E-state index in [0.717, 1.165) is 12.8 Å². The minimum absolute atomic E-state index is 0.0128. The van der Waals surface area contributed by atoms with E-state index in [2.05, 4.69) is 10.0 Å². The van der Waals surface area contributed by atoms with E-state index in [-0.39, 0.29) is 16.9 Å². The first-order valence-electron chi connectivity index (χ1n) is 8.08. The van der Waals surface area contributed by atoms with Crippen molar-refractivity contribution in [1.82, 2.24) is 10.0 Å². The van der Waals surface area contributed by atoms with Crippen LogP contribution in [-0.2, 0) is 14.8 Å². The van der Waals surface area contributed by atoms with Crippen molar-refractivity contribution in [3.8, 4) is 0 Å². The number of rotatable bonds is 9. The monoisotopic (exact) mass is 366 g/mol. The summed E-state index contributed by atoms with van der Waals surface area (Å²) in [5, 5.41) is 11.6. The minimum atomic E-state index is -3.69. The van der Waals surface area contributed by atoms with Crippen LogP contribution in [0.1, 0.15) is 36.5 Å². The molecule has 0 radical (unpaired) electrons. The lowest BCUT2D eigenvalue weighted by Crippen LogP contribution is -2.40. The number of benzene rings is 1. The van der Waals surface area contributed by atoms with Gasteiger partial charge in [0.15, 0.2) is 0 Å². The van der Waals surface area contributed by atoms with Crippen LogP contribution in [0.5, 0.6) is 0 Å². The number of allylic oxidation sites excluding steroid dienone is 1. The van der Waals surface area contributed by atoms with Gasteiger partial charge in [0.1, 0.15) is 6.04 Å². The maximum Gasteiger partial charge on any atom is 0.326 e. The van der Waals surface area contributed by atoms with E-state index in [9.17, 15) is 18.0 Å². The van der Waals surface area contributed by atoms with Crippen molar-refractivity contribution in [1.29, 1.82) is 0 Å². The molecule has 1 atom stereocenters. The van der Waals surface area contributed by atoms with Gasteiger partial charge in [-0.3, -0.25) is 4.79 Å². The molecule has 1 unspecified atom stereocenters. The number of carbonyl (C=O) groups is 2. The lowest BCUT2D eigenvalue weighted by atomic mass is 10.1. The summed E-state index contributed by atoms with van der Waals surface area (Å²) in [6.45, 7) is 2.15. The van der Waals surface area contributed by atoms with Gasteiger partial charge in [-0.25, -0.2) is 17.9 Å². The van der Waals surface area contributed by atoms with Crippen molar-refractivity contribution in [2.75, 3.05) is 6.54 Å². The summed E-state index contributed by atoms with van der Waals surface area (Å²) < 4.78 is 27.1. The van der Waals surface area contributed by atoms with Gasteiger partial charge in [0.25, 0.3) is 5.91 Å². The molecule has 136 valence electrons. The fourth-order valence-electron chi connectivity index (χ4n) is 2.17. The van der Waals surface area contributed by atoms with E-state index < -0.39 is 27.9 Å². The second-order valence-electron chi connectivity index (χ2n) is 5.99. The fraction of sp³-hybridized carbons (Fsp3) is 0.412. The van der Waals surface area contributed by atoms with Crippen LogP contribution >= 0.6 is 0 Å². The molecule has 8 heteroatoms. The van der Waals surface area contributed by atoms with Gasteiger partial charge in [0.2, 0.25) is 10.0 Å². The van der Waals surface area contributed by atoms with Crippen LogP contribution in [0.2, 0.25) is 0 Å². The van der Waals surface area contributed by atoms with E-state index in [1.54, 1.807) is 19.1 Å². The Hall–Kier alpha value is -2.19. The molecule has 1 saturated carbocycles. The molecular formula is C17H22N2O5S. The van der Waals surface area contributed by atoms with Gasteiger partial charge in [-0.05, 0) is 50.3 Å². The highest BCUT2D eigenvalue weighted by molar-refractivity contribution is 7.89. The molecule has 1 amide bonds. The summed E-state index contributed by atoms with van der Waals surface area (Å²) in [5.41, 5.74) is 0.0982. The molecular weight excluding hydrogens is 344 g/mol. The molecule has 0 spiro atoms. The van der Waals surface area contributed by atoms with E-state index in [1.807, 2.05) is 0 Å². The predicted molar refractivity (Wildman–Crippen MR) is 92.7 cm³/mol. The third kappa shape index (κ3) is 5.68. The van der Waals surface area contributed by atoms with Crippen molar-refractivity contribution in [2.45, 2.75) is 37.1 Å². The zero-order chi connectivity index (χ0) is 18.4. The topological polar surface area (TPSA) is 113 Å². The smallest absolute Gasteiger partial charge is 0.326 e. The molecule has 7 nitrogen and oxygen atoms in total. The number of hydrogen-bond acceptors (Lipinski definition) is 4. The van der Waals surface area contributed by atoms with Crippen LogP contribution in [0.4, 0.5) is 0 Å². The molecule has 1 aromatic rings. The van der Waals surface area contributed by atoms with Crippen molar-refractivity contribution in [2.24, 2.45) is 5.92 Å². The Kier molecular flexibility index (Phi) is 6.33. The molecule has 2 rings (SSSR count). The summed E-state index contributed by atoms with van der Waals surface area (Å²) in [7, 11) is -3.69. The Morgan fingerprint density at radius 3 is 2.68 bits per heavy atom. The van der Waals surface area contributed by atoms with E-state index >= 15 is 0 Å². The standard InChI is InChI=1S/C17H22N2O5S/c1-2-3-7-15(17(21)22)19-16(20)13-5-4-6-14(10-13)25(23,24)18-11-12-8-9-12/h2-6,10,12,15,18H,7-9,11H2,1H3,(H,19,20)(H,21,22)/b3-2+. The van der Waals surface area contributed by atoms with Crippen molar-refractivity contribution in [3.63, 3.8) is 0 Å². The predicted octanol–water partition coefficient (Wildman–Crippen LogP) is 1.52. The van der Waals surface area contributed by atoms with Crippen molar-refractivity contribution in [3.05, 3.63) is 42.0 Å². The van der Waals surface area contributed by atoms with Crippen LogP contribution in [0.3, 0.4) is 0 Å². The van der Waals surface area contributed by atoms with Gasteiger partial charge in [-0.15, -0.1) is 0 Å². The second-order valence-corrected chi connectivity index (χ2v) is 7.76. The number of carboxylic acid groups (broad SMARTS) is 1. The third-order valence-electron chi connectivity index (χ3n) is 3.88. The zero-order valence-corrected chi connectivity index (χ0v) is 14.8. The maximum atomic E-state index is 12.3. The van der Waals surface area contributed by atoms with Crippen LogP contribution < -0.4 is 10.0 Å². The van der Waals surface area contributed by atoms with Crippen molar-refractivity contribution < 1.29 is 23.1 Å². The first-order chi connectivity index (χ1) is 11.8. The van der Waals surface area contributed by atoms with Crippen LogP contribution in [0.15, 0.2) is 41.3 Å². The molecule has 1 fully saturated rings. The Bertz CT molecular complexity index is 769.